The maximum absolute atomic E-state index is 5.58. The molecule has 5 rings (SSSR count). The summed E-state index contributed by atoms with van der Waals surface area (Å²) in [7, 11) is 1.65. The minimum Gasteiger partial charge on any atom is -0.491 e. The minimum absolute atomic E-state index is 0.466. The van der Waals surface area contributed by atoms with E-state index in [0.29, 0.717) is 37.2 Å². The van der Waals surface area contributed by atoms with Gasteiger partial charge in [0, 0.05) is 19.3 Å². The Morgan fingerprint density at radius 3 is 2.44 bits per heavy atom. The number of rotatable bonds is 9. The molecule has 2 aromatic heterocycles. The second-order valence-electron chi connectivity index (χ2n) is 7.78. The van der Waals surface area contributed by atoms with Crippen LogP contribution in [0.15, 0.2) is 60.9 Å². The van der Waals surface area contributed by atoms with Gasteiger partial charge >= 0.3 is 0 Å². The number of fused-ring (bicyclic) bond motifs is 1. The number of H-pyrrole nitrogens is 1. The fraction of sp³-hybridized carbons (Fsp3) is 0.320. The van der Waals surface area contributed by atoms with Gasteiger partial charge in [-0.25, -0.2) is 4.98 Å². The molecule has 9 heteroatoms. The van der Waals surface area contributed by atoms with Crippen molar-refractivity contribution in [1.82, 2.24) is 25.3 Å². The van der Waals surface area contributed by atoms with Crippen molar-refractivity contribution in [3.05, 3.63) is 66.5 Å². The van der Waals surface area contributed by atoms with Crippen molar-refractivity contribution in [3.63, 3.8) is 0 Å². The highest BCUT2D eigenvalue weighted by Gasteiger charge is 2.10. The fourth-order valence-electron chi connectivity index (χ4n) is 3.43. The molecule has 9 nitrogen and oxygen atoms in total. The standard InChI is InChI=1S/C21H22N6O2.C4H9N/c1-28-11-12-29-17-9-7-16(8-10-17)25-21-26-19(18-20(27-21)24-14-23-18)22-13-15-5-3-2-4-6-15;1-2-4-5-3-1/h2-10,14H,11-13H2,1H3,(H3,22,23,24,25,26,27);5H,1-4H2. The molecule has 2 aromatic carbocycles. The number of ether oxygens (including phenoxy) is 2. The molecule has 0 saturated carbocycles. The highest BCUT2D eigenvalue weighted by atomic mass is 16.5. The van der Waals surface area contributed by atoms with Crippen molar-refractivity contribution in [2.45, 2.75) is 19.4 Å². The minimum atomic E-state index is 0.466. The molecule has 1 fully saturated rings. The lowest BCUT2D eigenvalue weighted by molar-refractivity contribution is 0.146. The number of nitrogens with one attached hydrogen (secondary N) is 4. The normalized spacial score (nSPS) is 12.7. The maximum atomic E-state index is 5.58. The third-order valence-electron chi connectivity index (χ3n) is 5.21. The molecule has 0 aliphatic carbocycles. The van der Waals surface area contributed by atoms with Gasteiger partial charge in [-0.1, -0.05) is 30.3 Å². The van der Waals surface area contributed by atoms with Crippen molar-refractivity contribution >= 4 is 28.6 Å². The van der Waals surface area contributed by atoms with E-state index in [-0.39, 0.29) is 0 Å². The molecule has 178 valence electrons. The van der Waals surface area contributed by atoms with Gasteiger partial charge in [-0.2, -0.15) is 9.97 Å². The third-order valence-corrected chi connectivity index (χ3v) is 5.21. The molecule has 1 saturated heterocycles. The van der Waals surface area contributed by atoms with Crippen LogP contribution in [0.25, 0.3) is 11.2 Å². The lowest BCUT2D eigenvalue weighted by Crippen LogP contribution is -2.06. The summed E-state index contributed by atoms with van der Waals surface area (Å²) in [5.74, 6) is 1.94. The number of aromatic nitrogens is 4. The largest absolute Gasteiger partial charge is 0.491 e. The summed E-state index contributed by atoms with van der Waals surface area (Å²) < 4.78 is 10.6. The van der Waals surface area contributed by atoms with Crippen LogP contribution in [0.5, 0.6) is 5.75 Å². The van der Waals surface area contributed by atoms with Crippen LogP contribution in [0, 0.1) is 0 Å². The Morgan fingerprint density at radius 1 is 0.941 bits per heavy atom. The number of aromatic amines is 1. The monoisotopic (exact) mass is 461 g/mol. The summed E-state index contributed by atoms with van der Waals surface area (Å²) in [6, 6.07) is 17.8. The maximum Gasteiger partial charge on any atom is 0.231 e. The number of methoxy groups -OCH3 is 1. The van der Waals surface area contributed by atoms with E-state index in [1.165, 1.54) is 25.9 Å². The van der Waals surface area contributed by atoms with Crippen molar-refractivity contribution < 1.29 is 9.47 Å². The molecule has 4 N–H and O–H groups in total. The van der Waals surface area contributed by atoms with Gasteiger partial charge in [0.2, 0.25) is 5.95 Å². The van der Waals surface area contributed by atoms with Crippen molar-refractivity contribution in [2.75, 3.05) is 44.0 Å². The van der Waals surface area contributed by atoms with Crippen molar-refractivity contribution in [1.29, 1.82) is 0 Å². The zero-order valence-corrected chi connectivity index (χ0v) is 19.4. The van der Waals surface area contributed by atoms with E-state index in [9.17, 15) is 0 Å². The Labute approximate surface area is 199 Å². The molecule has 0 unspecified atom stereocenters. The highest BCUT2D eigenvalue weighted by molar-refractivity contribution is 5.84. The van der Waals surface area contributed by atoms with Gasteiger partial charge in [0.05, 0.1) is 12.9 Å². The second-order valence-corrected chi connectivity index (χ2v) is 7.78. The molecule has 4 aromatic rings. The Hall–Kier alpha value is -3.69. The quantitative estimate of drug-likeness (QED) is 0.276. The average Bonchev–Trinajstić information content (AvgIpc) is 3.60. The van der Waals surface area contributed by atoms with Crippen LogP contribution in [0.4, 0.5) is 17.5 Å². The molecule has 34 heavy (non-hydrogen) atoms. The molecule has 1 aliphatic heterocycles. The number of hydrogen-bond donors (Lipinski definition) is 4. The number of imidazole rings is 1. The molecule has 3 heterocycles. The van der Waals surface area contributed by atoms with Crippen LogP contribution in [0.2, 0.25) is 0 Å². The van der Waals surface area contributed by atoms with E-state index in [0.717, 1.165) is 22.5 Å². The summed E-state index contributed by atoms with van der Waals surface area (Å²) in [6.07, 6.45) is 4.39. The van der Waals surface area contributed by atoms with Gasteiger partial charge in [-0.05, 0) is 55.8 Å². The molecule has 0 amide bonds. The van der Waals surface area contributed by atoms with E-state index in [1.807, 2.05) is 42.5 Å². The van der Waals surface area contributed by atoms with Crippen LogP contribution < -0.4 is 20.7 Å². The van der Waals surface area contributed by atoms with Crippen LogP contribution in [0.1, 0.15) is 18.4 Å². The predicted octanol–water partition coefficient (Wildman–Crippen LogP) is 4.10. The Balaban J connectivity index is 0.000000486. The predicted molar refractivity (Wildman–Crippen MR) is 135 cm³/mol. The zero-order valence-electron chi connectivity index (χ0n) is 19.4. The van der Waals surface area contributed by atoms with Crippen LogP contribution in [0.3, 0.4) is 0 Å². The van der Waals surface area contributed by atoms with Gasteiger partial charge in [-0.3, -0.25) is 0 Å². The lowest BCUT2D eigenvalue weighted by atomic mass is 10.2. The fourth-order valence-corrected chi connectivity index (χ4v) is 3.43. The molecule has 0 bridgehead atoms. The van der Waals surface area contributed by atoms with Crippen molar-refractivity contribution in [3.8, 4) is 5.75 Å². The topological polar surface area (TPSA) is 109 Å². The summed E-state index contributed by atoms with van der Waals surface area (Å²) in [5, 5.41) is 9.80. The lowest BCUT2D eigenvalue weighted by Gasteiger charge is -2.10. The van der Waals surface area contributed by atoms with E-state index >= 15 is 0 Å². The third kappa shape index (κ3) is 6.90. The molecule has 0 radical (unpaired) electrons. The van der Waals surface area contributed by atoms with E-state index in [2.05, 4.69) is 48.0 Å². The van der Waals surface area contributed by atoms with E-state index in [4.69, 9.17) is 9.47 Å². The summed E-state index contributed by atoms with van der Waals surface area (Å²) in [6.45, 7) is 4.22. The molecule has 0 atom stereocenters. The van der Waals surface area contributed by atoms with Crippen molar-refractivity contribution in [2.24, 2.45) is 0 Å². The number of nitrogens with zero attached hydrogens (tertiary/aromatic N) is 3. The Bertz CT molecular complexity index is 1120. The highest BCUT2D eigenvalue weighted by Crippen LogP contribution is 2.23. The number of hydrogen-bond acceptors (Lipinski definition) is 8. The first-order valence-electron chi connectivity index (χ1n) is 11.5. The Morgan fingerprint density at radius 2 is 1.74 bits per heavy atom. The van der Waals surface area contributed by atoms with E-state index in [1.54, 1.807) is 13.4 Å². The number of anilines is 3. The van der Waals surface area contributed by atoms with Crippen LogP contribution >= 0.6 is 0 Å². The van der Waals surface area contributed by atoms with Gasteiger partial charge in [0.1, 0.15) is 17.9 Å². The molecular formula is C25H31N7O2. The summed E-state index contributed by atoms with van der Waals surface area (Å²) >= 11 is 0. The van der Waals surface area contributed by atoms with Gasteiger partial charge in [-0.15, -0.1) is 0 Å². The van der Waals surface area contributed by atoms with Gasteiger partial charge < -0.3 is 30.4 Å². The van der Waals surface area contributed by atoms with E-state index < -0.39 is 0 Å². The summed E-state index contributed by atoms with van der Waals surface area (Å²) in [4.78, 5) is 16.5. The molecule has 1 aliphatic rings. The average molecular weight is 462 g/mol. The van der Waals surface area contributed by atoms with Crippen LogP contribution in [-0.4, -0.2) is 53.3 Å². The zero-order chi connectivity index (χ0) is 23.4. The smallest absolute Gasteiger partial charge is 0.231 e. The van der Waals surface area contributed by atoms with Gasteiger partial charge in [0.15, 0.2) is 11.5 Å². The van der Waals surface area contributed by atoms with Crippen LogP contribution in [-0.2, 0) is 11.3 Å². The Kier molecular flexibility index (Phi) is 8.64. The second kappa shape index (κ2) is 12.5. The SMILES string of the molecule is C1CCNC1.COCCOc1ccc(Nc2nc(NCc3ccccc3)c3[nH]cnc3n2)cc1. The first kappa shape index (κ1) is 23.5. The molecular weight excluding hydrogens is 430 g/mol. The first-order chi connectivity index (χ1) is 16.8. The van der Waals surface area contributed by atoms with Gasteiger partial charge in [0.25, 0.3) is 0 Å². The first-order valence-corrected chi connectivity index (χ1v) is 11.5. The number of benzene rings is 2. The summed E-state index contributed by atoms with van der Waals surface area (Å²) in [5.41, 5.74) is 3.39. The molecule has 0 spiro atoms.